The number of hydrogen-bond acceptors (Lipinski definition) is 2. The average Bonchev–Trinajstić information content (AvgIpc) is 2.29. The minimum atomic E-state index is 0.511. The SMILES string of the molecule is [Si]C1C2CCC1N=N2. The molecule has 2 nitrogen and oxygen atoms in total. The molecule has 0 amide bonds. The minimum Gasteiger partial charge on any atom is -0.190 e. The Labute approximate surface area is 51.8 Å². The molecule has 2 bridgehead atoms. The van der Waals surface area contributed by atoms with Crippen LogP contribution in [-0.2, 0) is 0 Å². The van der Waals surface area contributed by atoms with E-state index in [4.69, 9.17) is 0 Å². The van der Waals surface area contributed by atoms with E-state index in [2.05, 4.69) is 20.5 Å². The quantitative estimate of drug-likeness (QED) is 0.428. The zero-order valence-electron chi connectivity index (χ0n) is 4.54. The summed E-state index contributed by atoms with van der Waals surface area (Å²) in [5.41, 5.74) is 0.565. The summed E-state index contributed by atoms with van der Waals surface area (Å²) in [5.74, 6) is 0. The molecule has 2 atom stereocenters. The molecule has 41 valence electrons. The summed E-state index contributed by atoms with van der Waals surface area (Å²) in [7, 11) is 3.59. The molecule has 1 aliphatic heterocycles. The molecule has 0 aromatic rings. The van der Waals surface area contributed by atoms with Crippen LogP contribution in [0.15, 0.2) is 10.2 Å². The lowest BCUT2D eigenvalue weighted by Gasteiger charge is -2.00. The molecule has 3 heteroatoms. The van der Waals surface area contributed by atoms with Crippen LogP contribution in [0.1, 0.15) is 12.8 Å². The van der Waals surface area contributed by atoms with Crippen LogP contribution in [0.25, 0.3) is 0 Å². The van der Waals surface area contributed by atoms with Gasteiger partial charge in [-0.2, -0.15) is 10.2 Å². The van der Waals surface area contributed by atoms with Gasteiger partial charge in [-0.3, -0.25) is 0 Å². The van der Waals surface area contributed by atoms with Crippen LogP contribution in [0.5, 0.6) is 0 Å². The van der Waals surface area contributed by atoms with Crippen LogP contribution in [0.3, 0.4) is 0 Å². The van der Waals surface area contributed by atoms with Gasteiger partial charge in [-0.25, -0.2) is 0 Å². The number of hydrogen-bond donors (Lipinski definition) is 0. The van der Waals surface area contributed by atoms with Gasteiger partial charge >= 0.3 is 0 Å². The van der Waals surface area contributed by atoms with Crippen molar-refractivity contribution in [3.8, 4) is 0 Å². The predicted octanol–water partition coefficient (Wildman–Crippen LogP) is 0.940. The van der Waals surface area contributed by atoms with Crippen LogP contribution < -0.4 is 0 Å². The van der Waals surface area contributed by atoms with E-state index in [1.54, 1.807) is 0 Å². The number of rotatable bonds is 0. The van der Waals surface area contributed by atoms with E-state index >= 15 is 0 Å². The minimum absolute atomic E-state index is 0.511. The molecule has 0 spiro atoms. The molecule has 1 aliphatic carbocycles. The summed E-state index contributed by atoms with van der Waals surface area (Å²) in [6, 6.07) is 1.02. The second-order valence-corrected chi connectivity index (χ2v) is 3.14. The molecule has 2 rings (SSSR count). The van der Waals surface area contributed by atoms with Gasteiger partial charge in [-0.05, 0) is 18.4 Å². The molecule has 2 aliphatic rings. The Morgan fingerprint density at radius 2 is 1.62 bits per heavy atom. The zero-order chi connectivity index (χ0) is 5.56. The van der Waals surface area contributed by atoms with Crippen molar-refractivity contribution in [3.63, 3.8) is 0 Å². The van der Waals surface area contributed by atoms with Crippen molar-refractivity contribution in [2.45, 2.75) is 30.5 Å². The lowest BCUT2D eigenvalue weighted by atomic mass is 10.3. The van der Waals surface area contributed by atoms with Crippen LogP contribution in [0, 0.1) is 0 Å². The Kier molecular flexibility index (Phi) is 0.820. The van der Waals surface area contributed by atoms with Gasteiger partial charge in [0.2, 0.25) is 0 Å². The maximum atomic E-state index is 4.06. The fourth-order valence-corrected chi connectivity index (χ4v) is 1.85. The van der Waals surface area contributed by atoms with Crippen molar-refractivity contribution in [3.05, 3.63) is 0 Å². The van der Waals surface area contributed by atoms with E-state index < -0.39 is 0 Å². The first-order chi connectivity index (χ1) is 3.88. The average molecular weight is 123 g/mol. The highest BCUT2D eigenvalue weighted by Gasteiger charge is 2.37. The third kappa shape index (κ3) is 0.425. The molecule has 1 saturated carbocycles. The second-order valence-electron chi connectivity index (χ2n) is 2.47. The van der Waals surface area contributed by atoms with Gasteiger partial charge in [0, 0.05) is 10.2 Å². The molecule has 0 saturated heterocycles. The molecule has 0 aromatic carbocycles. The molecule has 8 heavy (non-hydrogen) atoms. The van der Waals surface area contributed by atoms with Crippen molar-refractivity contribution >= 4 is 10.2 Å². The number of fused-ring (bicyclic) bond motifs is 2. The summed E-state index contributed by atoms with van der Waals surface area (Å²) in [5, 5.41) is 8.12. The molecular weight excluding hydrogens is 116 g/mol. The molecule has 1 heterocycles. The van der Waals surface area contributed by atoms with Crippen LogP contribution in [-0.4, -0.2) is 22.3 Å². The van der Waals surface area contributed by atoms with Gasteiger partial charge in [0.25, 0.3) is 0 Å². The molecule has 2 unspecified atom stereocenters. The van der Waals surface area contributed by atoms with E-state index in [1.165, 1.54) is 12.8 Å². The third-order valence-corrected chi connectivity index (χ3v) is 2.72. The highest BCUT2D eigenvalue weighted by Crippen LogP contribution is 2.39. The first-order valence-electron chi connectivity index (χ1n) is 2.99. The summed E-state index contributed by atoms with van der Waals surface area (Å²) >= 11 is 0. The number of azo groups is 1. The van der Waals surface area contributed by atoms with Crippen molar-refractivity contribution in [1.29, 1.82) is 0 Å². The van der Waals surface area contributed by atoms with Crippen molar-refractivity contribution < 1.29 is 0 Å². The fraction of sp³-hybridized carbons (Fsp3) is 1.00. The smallest absolute Gasteiger partial charge is 0.0727 e. The Morgan fingerprint density at radius 3 is 1.75 bits per heavy atom. The standard InChI is InChI=1S/C5H7N2Si/c8-5-3-1-2-4(5)7-6-3/h3-5H,1-2H2. The first kappa shape index (κ1) is 4.67. The van der Waals surface area contributed by atoms with Crippen LogP contribution in [0.2, 0.25) is 5.54 Å². The summed E-state index contributed by atoms with van der Waals surface area (Å²) in [6.45, 7) is 0. The highest BCUT2D eigenvalue weighted by atomic mass is 28.1. The summed E-state index contributed by atoms with van der Waals surface area (Å²) < 4.78 is 0. The lowest BCUT2D eigenvalue weighted by molar-refractivity contribution is 0.643. The maximum Gasteiger partial charge on any atom is 0.0727 e. The summed E-state index contributed by atoms with van der Waals surface area (Å²) in [6.07, 6.45) is 2.48. The Morgan fingerprint density at radius 1 is 1.12 bits per heavy atom. The molecular formula is C5H7N2Si. The van der Waals surface area contributed by atoms with E-state index in [9.17, 15) is 0 Å². The first-order valence-corrected chi connectivity index (χ1v) is 3.57. The lowest BCUT2D eigenvalue weighted by Crippen LogP contribution is -2.05. The monoisotopic (exact) mass is 123 g/mol. The normalized spacial score (nSPS) is 50.9. The van der Waals surface area contributed by atoms with Gasteiger partial charge in [-0.1, -0.05) is 0 Å². The summed E-state index contributed by atoms with van der Waals surface area (Å²) in [4.78, 5) is 0. The van der Waals surface area contributed by atoms with Crippen molar-refractivity contribution in [2.24, 2.45) is 10.2 Å². The largest absolute Gasteiger partial charge is 0.190 e. The van der Waals surface area contributed by atoms with Gasteiger partial charge < -0.3 is 0 Å². The Hall–Kier alpha value is -0.183. The van der Waals surface area contributed by atoms with Gasteiger partial charge in [0.15, 0.2) is 0 Å². The van der Waals surface area contributed by atoms with E-state index in [0.29, 0.717) is 17.6 Å². The highest BCUT2D eigenvalue weighted by molar-refractivity contribution is 6.13. The van der Waals surface area contributed by atoms with Gasteiger partial charge in [-0.15, -0.1) is 0 Å². The van der Waals surface area contributed by atoms with Crippen LogP contribution >= 0.6 is 0 Å². The van der Waals surface area contributed by atoms with Crippen molar-refractivity contribution in [2.75, 3.05) is 0 Å². The van der Waals surface area contributed by atoms with E-state index in [0.717, 1.165) is 0 Å². The van der Waals surface area contributed by atoms with Gasteiger partial charge in [0.1, 0.15) is 0 Å². The predicted molar refractivity (Wildman–Crippen MR) is 31.2 cm³/mol. The molecule has 3 radical (unpaired) electrons. The fourth-order valence-electron chi connectivity index (χ4n) is 1.39. The molecule has 0 aromatic heterocycles. The van der Waals surface area contributed by atoms with Crippen molar-refractivity contribution in [1.82, 2.24) is 0 Å². The topological polar surface area (TPSA) is 24.7 Å². The van der Waals surface area contributed by atoms with E-state index in [1.807, 2.05) is 0 Å². The Bertz CT molecular complexity index is 120. The Balaban J connectivity index is 2.27. The number of nitrogens with zero attached hydrogens (tertiary/aromatic N) is 2. The van der Waals surface area contributed by atoms with E-state index in [-0.39, 0.29) is 0 Å². The third-order valence-electron chi connectivity index (χ3n) is 1.95. The maximum absolute atomic E-state index is 4.06. The second kappa shape index (κ2) is 1.40. The van der Waals surface area contributed by atoms with Crippen LogP contribution in [0.4, 0.5) is 0 Å². The zero-order valence-corrected chi connectivity index (χ0v) is 5.54. The molecule has 1 fully saturated rings. The van der Waals surface area contributed by atoms with Gasteiger partial charge in [0.05, 0.1) is 12.1 Å². The molecule has 0 N–H and O–H groups in total.